The maximum atomic E-state index is 12.6. The van der Waals surface area contributed by atoms with Crippen molar-refractivity contribution >= 4 is 38.9 Å². The molecule has 10 heteroatoms. The van der Waals surface area contributed by atoms with Crippen LogP contribution >= 0.6 is 11.6 Å². The van der Waals surface area contributed by atoms with Gasteiger partial charge in [-0.25, -0.2) is 8.42 Å². The third kappa shape index (κ3) is 4.75. The highest BCUT2D eigenvalue weighted by atomic mass is 35.5. The third-order valence-corrected chi connectivity index (χ3v) is 7.05. The average Bonchev–Trinajstić information content (AvgIpc) is 2.67. The Balaban J connectivity index is 1.81. The van der Waals surface area contributed by atoms with Crippen molar-refractivity contribution in [2.24, 2.45) is 0 Å². The van der Waals surface area contributed by atoms with Gasteiger partial charge in [-0.15, -0.1) is 0 Å². The zero-order valence-corrected chi connectivity index (χ0v) is 17.3. The van der Waals surface area contributed by atoms with E-state index in [0.29, 0.717) is 25.1 Å². The molecule has 0 saturated carbocycles. The molecule has 0 atom stereocenters. The number of carbonyl (C=O) groups is 1. The van der Waals surface area contributed by atoms with Crippen molar-refractivity contribution in [2.45, 2.75) is 26.3 Å². The van der Waals surface area contributed by atoms with E-state index < -0.39 is 20.9 Å². The standard InChI is InChI=1S/C19H20ClN3O5S/c1-2-9-29(27,28)22-8-7-13-3-4-15(10-14(13)12-22)21-19(24)17-11-16(23(25)26)5-6-18(17)20/h3-6,10-11H,2,7-9,12H2,1H3,(H,21,24). The molecule has 0 saturated heterocycles. The number of anilines is 1. The Labute approximate surface area is 173 Å². The zero-order chi connectivity index (χ0) is 21.2. The van der Waals surface area contributed by atoms with Crippen LogP contribution in [0.2, 0.25) is 5.02 Å². The lowest BCUT2D eigenvalue weighted by molar-refractivity contribution is -0.384. The molecule has 29 heavy (non-hydrogen) atoms. The van der Waals surface area contributed by atoms with E-state index in [-0.39, 0.29) is 28.6 Å². The van der Waals surface area contributed by atoms with Gasteiger partial charge in [0.05, 0.1) is 21.3 Å². The van der Waals surface area contributed by atoms with Crippen LogP contribution in [0, 0.1) is 10.1 Å². The highest BCUT2D eigenvalue weighted by Crippen LogP contribution is 2.27. The summed E-state index contributed by atoms with van der Waals surface area (Å²) in [6.07, 6.45) is 1.15. The number of nitro groups is 1. The first kappa shape index (κ1) is 21.2. The minimum atomic E-state index is -3.31. The van der Waals surface area contributed by atoms with E-state index in [0.717, 1.165) is 17.2 Å². The van der Waals surface area contributed by atoms with Gasteiger partial charge in [0.15, 0.2) is 0 Å². The summed E-state index contributed by atoms with van der Waals surface area (Å²) in [5.74, 6) is -0.478. The second-order valence-electron chi connectivity index (χ2n) is 6.76. The molecule has 0 unspecified atom stereocenters. The van der Waals surface area contributed by atoms with Crippen LogP contribution in [0.25, 0.3) is 0 Å². The van der Waals surface area contributed by atoms with E-state index in [9.17, 15) is 23.3 Å². The molecule has 0 spiro atoms. The van der Waals surface area contributed by atoms with Gasteiger partial charge in [-0.1, -0.05) is 24.6 Å². The highest BCUT2D eigenvalue weighted by Gasteiger charge is 2.26. The second kappa shape index (κ2) is 8.48. The molecule has 154 valence electrons. The molecule has 8 nitrogen and oxygen atoms in total. The number of hydrogen-bond donors (Lipinski definition) is 1. The number of amides is 1. The summed E-state index contributed by atoms with van der Waals surface area (Å²) in [7, 11) is -3.31. The van der Waals surface area contributed by atoms with Crippen molar-refractivity contribution in [1.29, 1.82) is 0 Å². The van der Waals surface area contributed by atoms with Crippen LogP contribution in [0.5, 0.6) is 0 Å². The second-order valence-corrected chi connectivity index (χ2v) is 9.25. The molecule has 1 amide bonds. The first-order valence-electron chi connectivity index (χ1n) is 9.06. The molecule has 1 heterocycles. The van der Waals surface area contributed by atoms with Gasteiger partial charge in [-0.05, 0) is 42.2 Å². The van der Waals surface area contributed by atoms with Gasteiger partial charge in [-0.2, -0.15) is 4.31 Å². The van der Waals surface area contributed by atoms with Crippen LogP contribution < -0.4 is 5.32 Å². The molecular weight excluding hydrogens is 418 g/mol. The fourth-order valence-corrected chi connectivity index (χ4v) is 4.92. The Kier molecular flexibility index (Phi) is 6.21. The lowest BCUT2D eigenvalue weighted by Crippen LogP contribution is -2.37. The lowest BCUT2D eigenvalue weighted by Gasteiger charge is -2.28. The topological polar surface area (TPSA) is 110 Å². The predicted molar refractivity (Wildman–Crippen MR) is 111 cm³/mol. The Morgan fingerprint density at radius 2 is 2.00 bits per heavy atom. The Hall–Kier alpha value is -2.49. The number of nitro benzene ring substituents is 1. The van der Waals surface area contributed by atoms with Crippen LogP contribution in [0.1, 0.15) is 34.8 Å². The molecule has 1 N–H and O–H groups in total. The number of benzene rings is 2. The van der Waals surface area contributed by atoms with Crippen molar-refractivity contribution in [3.8, 4) is 0 Å². The van der Waals surface area contributed by atoms with Gasteiger partial charge in [-0.3, -0.25) is 14.9 Å². The average molecular weight is 438 g/mol. The molecule has 0 fully saturated rings. The maximum absolute atomic E-state index is 12.6. The van der Waals surface area contributed by atoms with Gasteiger partial charge in [0.2, 0.25) is 10.0 Å². The number of rotatable bonds is 6. The zero-order valence-electron chi connectivity index (χ0n) is 15.7. The van der Waals surface area contributed by atoms with E-state index in [4.69, 9.17) is 11.6 Å². The number of fused-ring (bicyclic) bond motifs is 1. The largest absolute Gasteiger partial charge is 0.322 e. The number of nitrogens with one attached hydrogen (secondary N) is 1. The molecule has 2 aromatic carbocycles. The van der Waals surface area contributed by atoms with Crippen molar-refractivity contribution in [3.63, 3.8) is 0 Å². The molecule has 0 radical (unpaired) electrons. The molecule has 0 bridgehead atoms. The SMILES string of the molecule is CCCS(=O)(=O)N1CCc2ccc(NC(=O)c3cc([N+](=O)[O-])ccc3Cl)cc2C1. The quantitative estimate of drug-likeness (QED) is 0.548. The lowest BCUT2D eigenvalue weighted by atomic mass is 10.0. The van der Waals surface area contributed by atoms with Gasteiger partial charge in [0.1, 0.15) is 0 Å². The number of carbonyl (C=O) groups excluding carboxylic acids is 1. The van der Waals surface area contributed by atoms with Crippen molar-refractivity contribution < 1.29 is 18.1 Å². The summed E-state index contributed by atoms with van der Waals surface area (Å²) in [5.41, 5.74) is 2.07. The van der Waals surface area contributed by atoms with E-state index in [1.165, 1.54) is 16.4 Å². The summed E-state index contributed by atoms with van der Waals surface area (Å²) < 4.78 is 26.2. The van der Waals surface area contributed by atoms with Gasteiger partial charge >= 0.3 is 0 Å². The molecule has 0 aliphatic carbocycles. The minimum Gasteiger partial charge on any atom is -0.322 e. The van der Waals surface area contributed by atoms with E-state index in [1.54, 1.807) is 12.1 Å². The smallest absolute Gasteiger partial charge is 0.270 e. The van der Waals surface area contributed by atoms with Gasteiger partial charge in [0, 0.05) is 30.9 Å². The Bertz CT molecular complexity index is 1070. The molecule has 2 aromatic rings. The van der Waals surface area contributed by atoms with E-state index >= 15 is 0 Å². The van der Waals surface area contributed by atoms with Crippen molar-refractivity contribution in [1.82, 2.24) is 4.31 Å². The summed E-state index contributed by atoms with van der Waals surface area (Å²) >= 11 is 6.02. The summed E-state index contributed by atoms with van der Waals surface area (Å²) in [6, 6.07) is 8.95. The van der Waals surface area contributed by atoms with Crippen LogP contribution in [0.4, 0.5) is 11.4 Å². The first-order valence-corrected chi connectivity index (χ1v) is 11.0. The predicted octanol–water partition coefficient (Wildman–Crippen LogP) is 3.60. The molecule has 1 aliphatic heterocycles. The summed E-state index contributed by atoms with van der Waals surface area (Å²) in [5, 5.41) is 13.7. The number of non-ortho nitro benzene ring substituents is 1. The summed E-state index contributed by atoms with van der Waals surface area (Å²) in [4.78, 5) is 22.9. The number of sulfonamides is 1. The highest BCUT2D eigenvalue weighted by molar-refractivity contribution is 7.89. The minimum absolute atomic E-state index is 0.00858. The van der Waals surface area contributed by atoms with Crippen LogP contribution in [0.3, 0.4) is 0 Å². The van der Waals surface area contributed by atoms with Gasteiger partial charge in [0.25, 0.3) is 11.6 Å². The van der Waals surface area contributed by atoms with Crippen LogP contribution in [-0.2, 0) is 23.0 Å². The fraction of sp³-hybridized carbons (Fsp3) is 0.316. The number of nitrogens with zero attached hydrogens (tertiary/aromatic N) is 2. The van der Waals surface area contributed by atoms with Gasteiger partial charge < -0.3 is 5.32 Å². The number of halogens is 1. The molecule has 1 aliphatic rings. The molecule has 3 rings (SSSR count). The van der Waals surface area contributed by atoms with Crippen molar-refractivity contribution in [2.75, 3.05) is 17.6 Å². The van der Waals surface area contributed by atoms with E-state index in [1.807, 2.05) is 13.0 Å². The first-order chi connectivity index (χ1) is 13.7. The molecule has 0 aromatic heterocycles. The third-order valence-electron chi connectivity index (χ3n) is 4.70. The Morgan fingerprint density at radius 3 is 2.69 bits per heavy atom. The summed E-state index contributed by atoms with van der Waals surface area (Å²) in [6.45, 7) is 2.51. The monoisotopic (exact) mass is 437 g/mol. The number of hydrogen-bond acceptors (Lipinski definition) is 5. The van der Waals surface area contributed by atoms with Crippen molar-refractivity contribution in [3.05, 3.63) is 68.2 Å². The van der Waals surface area contributed by atoms with E-state index in [2.05, 4.69) is 5.32 Å². The molecular formula is C19H20ClN3O5S. The normalized spacial score (nSPS) is 14.3. The Morgan fingerprint density at radius 1 is 1.24 bits per heavy atom. The van der Waals surface area contributed by atoms with Crippen LogP contribution in [0.15, 0.2) is 36.4 Å². The van der Waals surface area contributed by atoms with Crippen LogP contribution in [-0.4, -0.2) is 35.9 Å². The fourth-order valence-electron chi connectivity index (χ4n) is 3.23. The maximum Gasteiger partial charge on any atom is 0.270 e.